The average Bonchev–Trinajstić information content (AvgIpc) is 2.62. The van der Waals surface area contributed by atoms with E-state index >= 15 is 0 Å². The largest absolute Gasteiger partial charge is 0.248 e. The third kappa shape index (κ3) is 1.58. The highest BCUT2D eigenvalue weighted by atomic mass is 32.1. The fourth-order valence-electron chi connectivity index (χ4n) is 1.03. The zero-order chi connectivity index (χ0) is 9.26. The molecule has 0 aliphatic carbocycles. The van der Waals surface area contributed by atoms with E-state index in [2.05, 4.69) is 9.97 Å². The van der Waals surface area contributed by atoms with E-state index in [0.29, 0.717) is 5.69 Å². The molecule has 13 heavy (non-hydrogen) atoms. The molecule has 0 N–H and O–H groups in total. The summed E-state index contributed by atoms with van der Waals surface area (Å²) in [5, 5.41) is 1.89. The highest BCUT2D eigenvalue weighted by Gasteiger charge is 2.03. The Labute approximate surface area is 79.1 Å². The van der Waals surface area contributed by atoms with Crippen molar-refractivity contribution in [3.05, 3.63) is 34.5 Å². The Morgan fingerprint density at radius 3 is 2.77 bits per heavy atom. The number of thiazole rings is 1. The van der Waals surface area contributed by atoms with Crippen molar-refractivity contribution >= 4 is 11.3 Å². The molecule has 0 radical (unpaired) electrons. The van der Waals surface area contributed by atoms with Gasteiger partial charge in [-0.2, -0.15) is 0 Å². The van der Waals surface area contributed by atoms with Crippen LogP contribution in [0, 0.1) is 12.7 Å². The van der Waals surface area contributed by atoms with Crippen LogP contribution in [-0.2, 0) is 0 Å². The maximum atomic E-state index is 12.9. The molecule has 0 bridgehead atoms. The van der Waals surface area contributed by atoms with Crippen LogP contribution in [0.3, 0.4) is 0 Å². The van der Waals surface area contributed by atoms with Gasteiger partial charge in [0.05, 0.1) is 22.6 Å². The van der Waals surface area contributed by atoms with Gasteiger partial charge in [0.1, 0.15) is 5.82 Å². The lowest BCUT2D eigenvalue weighted by Gasteiger charge is -1.98. The van der Waals surface area contributed by atoms with Gasteiger partial charge in [-0.25, -0.2) is 14.4 Å². The summed E-state index contributed by atoms with van der Waals surface area (Å²) >= 11 is 1.50. The number of halogens is 1. The summed E-state index contributed by atoms with van der Waals surface area (Å²) < 4.78 is 12.9. The summed E-state index contributed by atoms with van der Waals surface area (Å²) in [4.78, 5) is 8.18. The van der Waals surface area contributed by atoms with Crippen LogP contribution in [0.5, 0.6) is 0 Å². The summed E-state index contributed by atoms with van der Waals surface area (Å²) in [5.74, 6) is -0.279. The van der Waals surface area contributed by atoms with E-state index in [0.717, 1.165) is 11.4 Å². The molecule has 0 spiro atoms. The Kier molecular flexibility index (Phi) is 2.06. The summed E-state index contributed by atoms with van der Waals surface area (Å²) in [6, 6.07) is 3.05. The molecular weight excluding hydrogens is 187 g/mol. The summed E-state index contributed by atoms with van der Waals surface area (Å²) in [5.41, 5.74) is 3.66. The lowest BCUT2D eigenvalue weighted by atomic mass is 10.2. The second-order valence-corrected chi connectivity index (χ2v) is 3.36. The summed E-state index contributed by atoms with van der Waals surface area (Å²) in [6.45, 7) is 1.64. The second-order valence-electron chi connectivity index (χ2n) is 2.64. The minimum Gasteiger partial charge on any atom is -0.248 e. The Morgan fingerprint density at radius 2 is 2.15 bits per heavy atom. The van der Waals surface area contributed by atoms with Crippen LogP contribution in [-0.4, -0.2) is 9.97 Å². The van der Waals surface area contributed by atoms with Gasteiger partial charge >= 0.3 is 0 Å². The molecule has 2 aromatic rings. The van der Waals surface area contributed by atoms with Crippen LogP contribution in [0.1, 0.15) is 5.69 Å². The smallest absolute Gasteiger partial charge is 0.144 e. The zero-order valence-corrected chi connectivity index (χ0v) is 7.81. The number of rotatable bonds is 1. The minimum absolute atomic E-state index is 0.279. The topological polar surface area (TPSA) is 25.8 Å². The van der Waals surface area contributed by atoms with Crippen molar-refractivity contribution < 1.29 is 4.39 Å². The first-order valence-electron chi connectivity index (χ1n) is 3.79. The molecule has 4 heteroatoms. The van der Waals surface area contributed by atoms with Gasteiger partial charge in [0.15, 0.2) is 0 Å². The van der Waals surface area contributed by atoms with Gasteiger partial charge < -0.3 is 0 Å². The van der Waals surface area contributed by atoms with E-state index in [1.54, 1.807) is 18.5 Å². The van der Waals surface area contributed by atoms with E-state index in [-0.39, 0.29) is 5.82 Å². The molecule has 0 saturated carbocycles. The van der Waals surface area contributed by atoms with Crippen molar-refractivity contribution in [2.45, 2.75) is 6.92 Å². The molecule has 2 heterocycles. The van der Waals surface area contributed by atoms with Gasteiger partial charge in [-0.15, -0.1) is 11.3 Å². The van der Waals surface area contributed by atoms with Crippen LogP contribution < -0.4 is 0 Å². The van der Waals surface area contributed by atoms with Gasteiger partial charge in [0, 0.05) is 5.38 Å². The maximum Gasteiger partial charge on any atom is 0.144 e. The average molecular weight is 194 g/mol. The third-order valence-corrected chi connectivity index (χ3v) is 2.30. The van der Waals surface area contributed by atoms with E-state index in [9.17, 15) is 4.39 Å². The van der Waals surface area contributed by atoms with Crippen LogP contribution in [0.2, 0.25) is 0 Å². The summed E-state index contributed by atoms with van der Waals surface area (Å²) in [7, 11) is 0. The first kappa shape index (κ1) is 8.31. The predicted molar refractivity (Wildman–Crippen MR) is 50.0 cm³/mol. The Balaban J connectivity index is 2.49. The molecular formula is C9H7FN2S. The molecule has 0 fully saturated rings. The molecule has 0 saturated heterocycles. The van der Waals surface area contributed by atoms with E-state index < -0.39 is 0 Å². The number of nitrogens with zero attached hydrogens (tertiary/aromatic N) is 2. The van der Waals surface area contributed by atoms with Crippen molar-refractivity contribution in [1.29, 1.82) is 0 Å². The molecule has 66 valence electrons. The van der Waals surface area contributed by atoms with Crippen LogP contribution in [0.25, 0.3) is 11.4 Å². The highest BCUT2D eigenvalue weighted by molar-refractivity contribution is 7.07. The minimum atomic E-state index is -0.279. The lowest BCUT2D eigenvalue weighted by molar-refractivity contribution is 0.610. The molecule has 0 aromatic carbocycles. The molecule has 0 aliphatic rings. The van der Waals surface area contributed by atoms with Crippen LogP contribution in [0.4, 0.5) is 4.39 Å². The van der Waals surface area contributed by atoms with Gasteiger partial charge in [-0.05, 0) is 19.1 Å². The molecule has 2 nitrogen and oxygen atoms in total. The quantitative estimate of drug-likeness (QED) is 0.697. The van der Waals surface area contributed by atoms with Crippen molar-refractivity contribution in [2.75, 3.05) is 0 Å². The van der Waals surface area contributed by atoms with Gasteiger partial charge in [0.25, 0.3) is 0 Å². The number of hydrogen-bond acceptors (Lipinski definition) is 3. The fraction of sp³-hybridized carbons (Fsp3) is 0.111. The van der Waals surface area contributed by atoms with Crippen molar-refractivity contribution in [2.24, 2.45) is 0 Å². The molecule has 0 unspecified atom stereocenters. The first-order valence-corrected chi connectivity index (χ1v) is 4.73. The maximum absolute atomic E-state index is 12.9. The van der Waals surface area contributed by atoms with E-state index in [4.69, 9.17) is 0 Å². The molecule has 0 atom stereocenters. The normalized spacial score (nSPS) is 10.3. The van der Waals surface area contributed by atoms with Gasteiger partial charge in [-0.1, -0.05) is 0 Å². The van der Waals surface area contributed by atoms with Gasteiger partial charge in [0.2, 0.25) is 0 Å². The SMILES string of the molecule is Cc1nc(-c2cscn2)ccc1F. The van der Waals surface area contributed by atoms with Crippen LogP contribution in [0.15, 0.2) is 23.0 Å². The number of pyridine rings is 1. The Bertz CT molecular complexity index is 412. The summed E-state index contributed by atoms with van der Waals surface area (Å²) in [6.07, 6.45) is 0. The van der Waals surface area contributed by atoms with Crippen molar-refractivity contribution in [1.82, 2.24) is 9.97 Å². The predicted octanol–water partition coefficient (Wildman–Crippen LogP) is 2.65. The lowest BCUT2D eigenvalue weighted by Crippen LogP contribution is -1.90. The monoisotopic (exact) mass is 194 g/mol. The standard InChI is InChI=1S/C9H7FN2S/c1-6-7(10)2-3-8(12-6)9-4-13-5-11-9/h2-5H,1H3. The highest BCUT2D eigenvalue weighted by Crippen LogP contribution is 2.17. The van der Waals surface area contributed by atoms with E-state index in [1.807, 2.05) is 5.38 Å². The second kappa shape index (κ2) is 3.22. The Morgan fingerprint density at radius 1 is 1.31 bits per heavy atom. The molecule has 0 aliphatic heterocycles. The van der Waals surface area contributed by atoms with Crippen LogP contribution >= 0.6 is 11.3 Å². The number of hydrogen-bond donors (Lipinski definition) is 0. The van der Waals surface area contributed by atoms with Crippen molar-refractivity contribution in [3.8, 4) is 11.4 Å². The molecule has 0 amide bonds. The molecule has 2 rings (SSSR count). The Hall–Kier alpha value is -1.29. The third-order valence-electron chi connectivity index (χ3n) is 1.72. The fourth-order valence-corrected chi connectivity index (χ4v) is 1.57. The van der Waals surface area contributed by atoms with E-state index in [1.165, 1.54) is 17.4 Å². The van der Waals surface area contributed by atoms with Crippen molar-refractivity contribution in [3.63, 3.8) is 0 Å². The number of aromatic nitrogens is 2. The first-order chi connectivity index (χ1) is 6.27. The van der Waals surface area contributed by atoms with Gasteiger partial charge in [-0.3, -0.25) is 0 Å². The zero-order valence-electron chi connectivity index (χ0n) is 6.99. The molecule has 2 aromatic heterocycles. The number of aryl methyl sites for hydroxylation is 1.